The zero-order valence-corrected chi connectivity index (χ0v) is 11.5. The summed E-state index contributed by atoms with van der Waals surface area (Å²) in [6, 6.07) is 5.55. The fourth-order valence-electron chi connectivity index (χ4n) is 3.44. The average molecular weight is 284 g/mol. The summed E-state index contributed by atoms with van der Waals surface area (Å²) in [6.07, 6.45) is 3.49. The number of fused-ring (bicyclic) bond motifs is 2. The quantitative estimate of drug-likeness (QED) is 0.817. The average Bonchev–Trinajstić information content (AvgIpc) is 3.12. The largest absolute Gasteiger partial charge is 0.354 e. The molecule has 1 aromatic heterocycles. The molecule has 2 atom stereocenters. The van der Waals surface area contributed by atoms with E-state index in [1.807, 2.05) is 23.1 Å². The van der Waals surface area contributed by atoms with Gasteiger partial charge in [0.1, 0.15) is 0 Å². The van der Waals surface area contributed by atoms with E-state index in [9.17, 15) is 9.59 Å². The molecule has 2 aliphatic heterocycles. The number of nitrogens with zero attached hydrogens (tertiary/aromatic N) is 2. The molecular weight excluding hydrogens is 268 g/mol. The van der Waals surface area contributed by atoms with Crippen molar-refractivity contribution in [2.45, 2.75) is 18.9 Å². The van der Waals surface area contributed by atoms with Gasteiger partial charge in [-0.2, -0.15) is 5.10 Å². The molecule has 3 heterocycles. The Hall–Kier alpha value is -2.37. The Balaban J connectivity index is 1.65. The van der Waals surface area contributed by atoms with E-state index in [4.69, 9.17) is 0 Å². The first-order valence-corrected chi connectivity index (χ1v) is 7.26. The summed E-state index contributed by atoms with van der Waals surface area (Å²) in [5.41, 5.74) is 1.50. The molecule has 0 aliphatic carbocycles. The minimum Gasteiger partial charge on any atom is -0.354 e. The standard InChI is InChI=1S/C15H16N4O2/c20-14-11-2-1-5-19(13(11)8-16-14)15(21)9-3-4-10-7-17-18-12(10)6-9/h3-4,6-7,11,13H,1-2,5,8H2,(H,16,20)(H,17,18). The maximum atomic E-state index is 12.8. The van der Waals surface area contributed by atoms with E-state index >= 15 is 0 Å². The molecule has 6 heteroatoms. The first-order chi connectivity index (χ1) is 10.2. The fourth-order valence-corrected chi connectivity index (χ4v) is 3.44. The van der Waals surface area contributed by atoms with E-state index in [1.54, 1.807) is 6.20 Å². The highest BCUT2D eigenvalue weighted by Crippen LogP contribution is 2.29. The van der Waals surface area contributed by atoms with Gasteiger partial charge in [0.25, 0.3) is 5.91 Å². The number of H-pyrrole nitrogens is 1. The van der Waals surface area contributed by atoms with E-state index < -0.39 is 0 Å². The van der Waals surface area contributed by atoms with Gasteiger partial charge in [-0.1, -0.05) is 6.07 Å². The summed E-state index contributed by atoms with van der Waals surface area (Å²) >= 11 is 0. The van der Waals surface area contributed by atoms with E-state index in [1.165, 1.54) is 0 Å². The second-order valence-electron chi connectivity index (χ2n) is 5.73. The zero-order valence-electron chi connectivity index (χ0n) is 11.5. The molecule has 1 aromatic carbocycles. The highest BCUT2D eigenvalue weighted by molar-refractivity contribution is 5.98. The lowest BCUT2D eigenvalue weighted by Gasteiger charge is -2.36. The molecule has 2 unspecified atom stereocenters. The monoisotopic (exact) mass is 284 g/mol. The number of benzene rings is 1. The van der Waals surface area contributed by atoms with E-state index in [0.29, 0.717) is 12.1 Å². The third-order valence-electron chi connectivity index (χ3n) is 4.55. The normalized spacial score (nSPS) is 25.0. The molecule has 0 radical (unpaired) electrons. The van der Waals surface area contributed by atoms with E-state index in [-0.39, 0.29) is 23.8 Å². The maximum absolute atomic E-state index is 12.8. The number of carbonyl (C=O) groups is 2. The van der Waals surface area contributed by atoms with Crippen LogP contribution in [-0.4, -0.2) is 46.0 Å². The van der Waals surface area contributed by atoms with Gasteiger partial charge in [-0.15, -0.1) is 0 Å². The Labute approximate surface area is 121 Å². The summed E-state index contributed by atoms with van der Waals surface area (Å²) < 4.78 is 0. The highest BCUT2D eigenvalue weighted by atomic mass is 16.2. The minimum absolute atomic E-state index is 0.00213. The molecule has 2 amide bonds. The number of hydrogen-bond donors (Lipinski definition) is 2. The van der Waals surface area contributed by atoms with Gasteiger partial charge in [0.15, 0.2) is 0 Å². The molecule has 6 nitrogen and oxygen atoms in total. The Kier molecular flexibility index (Phi) is 2.70. The van der Waals surface area contributed by atoms with E-state index in [2.05, 4.69) is 15.5 Å². The van der Waals surface area contributed by atoms with Crippen LogP contribution in [0, 0.1) is 5.92 Å². The maximum Gasteiger partial charge on any atom is 0.254 e. The van der Waals surface area contributed by atoms with Crippen molar-refractivity contribution in [1.29, 1.82) is 0 Å². The van der Waals surface area contributed by atoms with Crippen molar-refractivity contribution in [3.8, 4) is 0 Å². The van der Waals surface area contributed by atoms with Crippen LogP contribution in [0.2, 0.25) is 0 Å². The van der Waals surface area contributed by atoms with Crippen LogP contribution < -0.4 is 5.32 Å². The predicted octanol–water partition coefficient (Wildman–Crippen LogP) is 0.913. The number of carbonyl (C=O) groups excluding carboxylic acids is 2. The van der Waals surface area contributed by atoms with Crippen molar-refractivity contribution < 1.29 is 9.59 Å². The summed E-state index contributed by atoms with van der Waals surface area (Å²) in [6.45, 7) is 1.29. The lowest BCUT2D eigenvalue weighted by Crippen LogP contribution is -2.48. The van der Waals surface area contributed by atoms with Gasteiger partial charge in [0.05, 0.1) is 23.7 Å². The molecule has 4 rings (SSSR count). The number of rotatable bonds is 1. The minimum atomic E-state index is -0.0430. The summed E-state index contributed by atoms with van der Waals surface area (Å²) in [4.78, 5) is 26.4. The van der Waals surface area contributed by atoms with Crippen LogP contribution in [-0.2, 0) is 4.79 Å². The third kappa shape index (κ3) is 1.90. The number of nitrogens with one attached hydrogen (secondary N) is 2. The zero-order chi connectivity index (χ0) is 14.4. The number of likely N-dealkylation sites (tertiary alicyclic amines) is 1. The highest BCUT2D eigenvalue weighted by Gasteiger charge is 2.42. The van der Waals surface area contributed by atoms with Crippen molar-refractivity contribution in [3.63, 3.8) is 0 Å². The second-order valence-corrected chi connectivity index (χ2v) is 5.73. The number of aromatic nitrogens is 2. The molecule has 2 N–H and O–H groups in total. The Morgan fingerprint density at radius 3 is 3.19 bits per heavy atom. The van der Waals surface area contributed by atoms with Crippen molar-refractivity contribution in [2.24, 2.45) is 5.92 Å². The van der Waals surface area contributed by atoms with Gasteiger partial charge in [0.2, 0.25) is 5.91 Å². The smallest absolute Gasteiger partial charge is 0.254 e. The molecule has 0 saturated carbocycles. The van der Waals surface area contributed by atoms with Crippen molar-refractivity contribution in [2.75, 3.05) is 13.1 Å². The van der Waals surface area contributed by atoms with Gasteiger partial charge >= 0.3 is 0 Å². The molecule has 2 fully saturated rings. The summed E-state index contributed by atoms with van der Waals surface area (Å²) in [5.74, 6) is 0.0396. The van der Waals surface area contributed by atoms with E-state index in [0.717, 1.165) is 30.3 Å². The van der Waals surface area contributed by atoms with Crippen LogP contribution in [0.15, 0.2) is 24.4 Å². The van der Waals surface area contributed by atoms with Crippen LogP contribution in [0.3, 0.4) is 0 Å². The Morgan fingerprint density at radius 1 is 1.38 bits per heavy atom. The van der Waals surface area contributed by atoms with Crippen molar-refractivity contribution in [3.05, 3.63) is 30.0 Å². The summed E-state index contributed by atoms with van der Waals surface area (Å²) in [7, 11) is 0. The predicted molar refractivity (Wildman–Crippen MR) is 76.7 cm³/mol. The number of aromatic amines is 1. The summed E-state index contributed by atoms with van der Waals surface area (Å²) in [5, 5.41) is 10.7. The topological polar surface area (TPSA) is 78.1 Å². The Morgan fingerprint density at radius 2 is 2.29 bits per heavy atom. The second kappa shape index (κ2) is 4.58. The number of hydrogen-bond acceptors (Lipinski definition) is 3. The lowest BCUT2D eigenvalue weighted by molar-refractivity contribution is -0.123. The van der Waals surface area contributed by atoms with Crippen molar-refractivity contribution in [1.82, 2.24) is 20.4 Å². The van der Waals surface area contributed by atoms with Crippen LogP contribution in [0.4, 0.5) is 0 Å². The lowest BCUT2D eigenvalue weighted by atomic mass is 9.91. The molecule has 2 aliphatic rings. The SMILES string of the molecule is O=C1NCC2C1CCCN2C(=O)c1ccc2cn[nH]c2c1. The van der Waals surface area contributed by atoms with Crippen LogP contribution in [0.5, 0.6) is 0 Å². The first kappa shape index (κ1) is 12.4. The van der Waals surface area contributed by atoms with Gasteiger partial charge in [0, 0.05) is 24.0 Å². The van der Waals surface area contributed by atoms with Gasteiger partial charge in [-0.25, -0.2) is 0 Å². The van der Waals surface area contributed by atoms with Crippen molar-refractivity contribution >= 4 is 22.7 Å². The first-order valence-electron chi connectivity index (χ1n) is 7.26. The number of piperidine rings is 1. The molecular formula is C15H16N4O2. The molecule has 108 valence electrons. The van der Waals surface area contributed by atoms with Gasteiger partial charge in [-0.3, -0.25) is 14.7 Å². The molecule has 21 heavy (non-hydrogen) atoms. The molecule has 2 aromatic rings. The molecule has 2 saturated heterocycles. The molecule has 0 bridgehead atoms. The van der Waals surface area contributed by atoms with Crippen LogP contribution in [0.1, 0.15) is 23.2 Å². The van der Waals surface area contributed by atoms with Gasteiger partial charge < -0.3 is 10.2 Å². The fraction of sp³-hybridized carbons (Fsp3) is 0.400. The Bertz CT molecular complexity index is 723. The van der Waals surface area contributed by atoms with Gasteiger partial charge in [-0.05, 0) is 25.0 Å². The van der Waals surface area contributed by atoms with Crippen LogP contribution in [0.25, 0.3) is 10.9 Å². The molecule has 0 spiro atoms. The third-order valence-corrected chi connectivity index (χ3v) is 4.55. The number of amides is 2. The van der Waals surface area contributed by atoms with Crippen LogP contribution >= 0.6 is 0 Å².